The first kappa shape index (κ1) is 8.78. The van der Waals surface area contributed by atoms with Crippen LogP contribution >= 0.6 is 15.9 Å². The number of aliphatic hydroxyl groups is 1. The summed E-state index contributed by atoms with van der Waals surface area (Å²) in [5.41, 5.74) is 1.93. The highest BCUT2D eigenvalue weighted by atomic mass is 79.9. The van der Waals surface area contributed by atoms with E-state index in [-0.39, 0.29) is 6.61 Å². The van der Waals surface area contributed by atoms with Crippen LogP contribution in [-0.4, -0.2) is 5.11 Å². The van der Waals surface area contributed by atoms with E-state index in [0.717, 1.165) is 21.0 Å². The first-order valence-electron chi connectivity index (χ1n) is 4.01. The zero-order valence-corrected chi connectivity index (χ0v) is 8.76. The predicted molar refractivity (Wildman–Crippen MR) is 54.6 cm³/mol. The smallest absolute Gasteiger partial charge is 0.138 e. The van der Waals surface area contributed by atoms with Crippen molar-refractivity contribution in [1.29, 1.82) is 0 Å². The Hall–Kier alpha value is -0.800. The number of benzene rings is 1. The van der Waals surface area contributed by atoms with Gasteiger partial charge in [-0.25, -0.2) is 0 Å². The van der Waals surface area contributed by atoms with Crippen LogP contribution < -0.4 is 0 Å². The molecule has 2 rings (SSSR count). The fourth-order valence-electron chi connectivity index (χ4n) is 1.35. The lowest BCUT2D eigenvalue weighted by Crippen LogP contribution is -1.73. The second kappa shape index (κ2) is 3.16. The van der Waals surface area contributed by atoms with Crippen molar-refractivity contribution >= 4 is 26.9 Å². The van der Waals surface area contributed by atoms with Gasteiger partial charge in [0.2, 0.25) is 0 Å². The van der Waals surface area contributed by atoms with Crippen LogP contribution in [-0.2, 0) is 6.61 Å². The van der Waals surface area contributed by atoms with Crippen molar-refractivity contribution in [2.45, 2.75) is 13.5 Å². The third-order valence-electron chi connectivity index (χ3n) is 2.03. The molecule has 0 bridgehead atoms. The van der Waals surface area contributed by atoms with Crippen molar-refractivity contribution in [1.82, 2.24) is 0 Å². The van der Waals surface area contributed by atoms with E-state index in [0.29, 0.717) is 5.76 Å². The first-order chi connectivity index (χ1) is 6.22. The zero-order valence-electron chi connectivity index (χ0n) is 7.17. The lowest BCUT2D eigenvalue weighted by atomic mass is 10.2. The summed E-state index contributed by atoms with van der Waals surface area (Å²) in [5, 5.41) is 9.93. The third kappa shape index (κ3) is 1.38. The van der Waals surface area contributed by atoms with E-state index in [1.165, 1.54) is 0 Å². The average molecular weight is 241 g/mol. The standard InChI is InChI=1S/C10H9BrO2/c1-6-2-3-9(11)8-4-7(5-12)13-10(6)8/h2-4,12H,5H2,1H3. The molecule has 1 aromatic carbocycles. The van der Waals surface area contributed by atoms with Crippen molar-refractivity contribution in [2.24, 2.45) is 0 Å². The summed E-state index contributed by atoms with van der Waals surface area (Å²) in [5.74, 6) is 0.602. The first-order valence-corrected chi connectivity index (χ1v) is 4.80. The van der Waals surface area contributed by atoms with Gasteiger partial charge in [0.1, 0.15) is 18.0 Å². The fraction of sp³-hybridized carbons (Fsp3) is 0.200. The van der Waals surface area contributed by atoms with Gasteiger partial charge in [-0.05, 0) is 24.6 Å². The number of aryl methyl sites for hydroxylation is 1. The van der Waals surface area contributed by atoms with Crippen LogP contribution in [0.2, 0.25) is 0 Å². The number of furan rings is 1. The molecule has 2 aromatic rings. The molecule has 3 heteroatoms. The van der Waals surface area contributed by atoms with Crippen LogP contribution in [0, 0.1) is 6.92 Å². The molecule has 0 aliphatic rings. The third-order valence-corrected chi connectivity index (χ3v) is 2.73. The second-order valence-corrected chi connectivity index (χ2v) is 3.83. The predicted octanol–water partition coefficient (Wildman–Crippen LogP) is 3.00. The van der Waals surface area contributed by atoms with E-state index < -0.39 is 0 Å². The normalized spacial score (nSPS) is 11.0. The molecule has 0 unspecified atom stereocenters. The molecule has 1 N–H and O–H groups in total. The van der Waals surface area contributed by atoms with Crippen LogP contribution in [0.15, 0.2) is 27.1 Å². The molecule has 0 amide bonds. The Kier molecular flexibility index (Phi) is 2.14. The van der Waals surface area contributed by atoms with Gasteiger partial charge in [-0.2, -0.15) is 0 Å². The maximum atomic E-state index is 8.91. The number of hydrogen-bond donors (Lipinski definition) is 1. The molecule has 2 nitrogen and oxygen atoms in total. The Morgan fingerprint density at radius 3 is 2.85 bits per heavy atom. The quantitative estimate of drug-likeness (QED) is 0.832. The van der Waals surface area contributed by atoms with Crippen molar-refractivity contribution < 1.29 is 9.52 Å². The number of rotatable bonds is 1. The van der Waals surface area contributed by atoms with Gasteiger partial charge in [0.05, 0.1) is 0 Å². The minimum Gasteiger partial charge on any atom is -0.458 e. The molecular formula is C10H9BrO2. The SMILES string of the molecule is Cc1ccc(Br)c2cc(CO)oc12. The van der Waals surface area contributed by atoms with E-state index in [1.807, 2.05) is 25.1 Å². The number of aliphatic hydroxyl groups excluding tert-OH is 1. The van der Waals surface area contributed by atoms with Gasteiger partial charge < -0.3 is 9.52 Å². The molecule has 0 aliphatic heterocycles. The highest BCUT2D eigenvalue weighted by Crippen LogP contribution is 2.29. The van der Waals surface area contributed by atoms with E-state index in [4.69, 9.17) is 9.52 Å². The monoisotopic (exact) mass is 240 g/mol. The van der Waals surface area contributed by atoms with Crippen molar-refractivity contribution in [3.8, 4) is 0 Å². The van der Waals surface area contributed by atoms with E-state index >= 15 is 0 Å². The van der Waals surface area contributed by atoms with Gasteiger partial charge in [0, 0.05) is 9.86 Å². The lowest BCUT2D eigenvalue weighted by molar-refractivity contribution is 0.251. The molecule has 0 spiro atoms. The number of hydrogen-bond acceptors (Lipinski definition) is 2. The summed E-state index contributed by atoms with van der Waals surface area (Å²) in [4.78, 5) is 0. The van der Waals surface area contributed by atoms with Crippen LogP contribution in [0.5, 0.6) is 0 Å². The second-order valence-electron chi connectivity index (χ2n) is 2.98. The highest BCUT2D eigenvalue weighted by Gasteiger charge is 2.07. The van der Waals surface area contributed by atoms with E-state index in [9.17, 15) is 0 Å². The summed E-state index contributed by atoms with van der Waals surface area (Å²) >= 11 is 3.43. The minimum absolute atomic E-state index is 0.0550. The maximum absolute atomic E-state index is 8.91. The summed E-state index contributed by atoms with van der Waals surface area (Å²) in [7, 11) is 0. The molecular weight excluding hydrogens is 232 g/mol. The van der Waals surface area contributed by atoms with Crippen LogP contribution in [0.4, 0.5) is 0 Å². The molecule has 13 heavy (non-hydrogen) atoms. The van der Waals surface area contributed by atoms with E-state index in [1.54, 1.807) is 0 Å². The van der Waals surface area contributed by atoms with Crippen molar-refractivity contribution in [2.75, 3.05) is 0 Å². The Bertz CT molecular complexity index is 406. The minimum atomic E-state index is -0.0550. The molecule has 0 saturated carbocycles. The number of fused-ring (bicyclic) bond motifs is 1. The summed E-state index contributed by atoms with van der Waals surface area (Å²) in [6, 6.07) is 5.82. The van der Waals surface area contributed by atoms with Gasteiger partial charge in [-0.3, -0.25) is 0 Å². The molecule has 1 heterocycles. The Labute approximate surface area is 84.3 Å². The van der Waals surface area contributed by atoms with Gasteiger partial charge in [0.25, 0.3) is 0 Å². The lowest BCUT2D eigenvalue weighted by Gasteiger charge is -1.95. The Morgan fingerprint density at radius 1 is 1.46 bits per heavy atom. The van der Waals surface area contributed by atoms with Gasteiger partial charge >= 0.3 is 0 Å². The van der Waals surface area contributed by atoms with Crippen LogP contribution in [0.3, 0.4) is 0 Å². The molecule has 0 atom stereocenters. The fourth-order valence-corrected chi connectivity index (χ4v) is 1.78. The van der Waals surface area contributed by atoms with E-state index in [2.05, 4.69) is 15.9 Å². The topological polar surface area (TPSA) is 33.4 Å². The van der Waals surface area contributed by atoms with Crippen LogP contribution in [0.25, 0.3) is 11.0 Å². The van der Waals surface area contributed by atoms with Gasteiger partial charge in [-0.1, -0.05) is 22.0 Å². The zero-order chi connectivity index (χ0) is 9.42. The van der Waals surface area contributed by atoms with Gasteiger partial charge in [-0.15, -0.1) is 0 Å². The van der Waals surface area contributed by atoms with Crippen molar-refractivity contribution in [3.05, 3.63) is 34.0 Å². The summed E-state index contributed by atoms with van der Waals surface area (Å²) < 4.78 is 6.45. The molecule has 68 valence electrons. The Morgan fingerprint density at radius 2 is 2.23 bits per heavy atom. The Balaban J connectivity index is 2.80. The van der Waals surface area contributed by atoms with Crippen LogP contribution in [0.1, 0.15) is 11.3 Å². The summed E-state index contributed by atoms with van der Waals surface area (Å²) in [6.45, 7) is 1.93. The molecule has 0 saturated heterocycles. The number of halogens is 1. The average Bonchev–Trinajstić information content (AvgIpc) is 2.56. The largest absolute Gasteiger partial charge is 0.458 e. The van der Waals surface area contributed by atoms with Gasteiger partial charge in [0.15, 0.2) is 0 Å². The molecule has 0 radical (unpaired) electrons. The molecule has 0 aliphatic carbocycles. The van der Waals surface area contributed by atoms with Crippen molar-refractivity contribution in [3.63, 3.8) is 0 Å². The molecule has 0 fully saturated rings. The maximum Gasteiger partial charge on any atom is 0.138 e. The highest BCUT2D eigenvalue weighted by molar-refractivity contribution is 9.10. The summed E-state index contributed by atoms with van der Waals surface area (Å²) in [6.07, 6.45) is 0. The molecule has 1 aromatic heterocycles.